The minimum Gasteiger partial charge on any atom is -0.326 e. The van der Waals surface area contributed by atoms with Crippen LogP contribution in [0, 0.1) is 0 Å². The van der Waals surface area contributed by atoms with Gasteiger partial charge in [0.1, 0.15) is 0 Å². The Morgan fingerprint density at radius 1 is 1.24 bits per heavy atom. The van der Waals surface area contributed by atoms with Gasteiger partial charge >= 0.3 is 0 Å². The highest BCUT2D eigenvalue weighted by Crippen LogP contribution is 2.26. The number of hydrogen-bond donors (Lipinski definition) is 2. The van der Waals surface area contributed by atoms with Crippen LogP contribution in [-0.4, -0.2) is 45.2 Å². The van der Waals surface area contributed by atoms with Gasteiger partial charge < -0.3 is 9.47 Å². The second-order valence-electron chi connectivity index (χ2n) is 7.54. The Morgan fingerprint density at radius 3 is 2.93 bits per heavy atom. The van der Waals surface area contributed by atoms with Crippen LogP contribution in [0.3, 0.4) is 0 Å². The van der Waals surface area contributed by atoms with Crippen LogP contribution in [-0.2, 0) is 11.2 Å². The summed E-state index contributed by atoms with van der Waals surface area (Å²) >= 11 is 0. The zero-order valence-electron chi connectivity index (χ0n) is 16.4. The Kier molecular flexibility index (Phi) is 6.03. The van der Waals surface area contributed by atoms with E-state index in [0.29, 0.717) is 6.04 Å². The molecule has 1 fully saturated rings. The number of hydroxylamine groups is 1. The molecule has 1 aromatic heterocycles. The van der Waals surface area contributed by atoms with Crippen molar-refractivity contribution in [2.75, 3.05) is 19.6 Å². The first kappa shape index (κ1) is 19.4. The van der Waals surface area contributed by atoms with Crippen molar-refractivity contribution in [3.63, 3.8) is 0 Å². The van der Waals surface area contributed by atoms with Crippen molar-refractivity contribution in [2.24, 2.45) is 0 Å². The number of amides is 1. The molecule has 0 spiro atoms. The van der Waals surface area contributed by atoms with Gasteiger partial charge in [-0.1, -0.05) is 36.4 Å². The molecule has 150 valence electrons. The van der Waals surface area contributed by atoms with E-state index in [4.69, 9.17) is 5.21 Å². The van der Waals surface area contributed by atoms with E-state index in [1.165, 1.54) is 18.1 Å². The molecule has 0 bridgehead atoms. The van der Waals surface area contributed by atoms with Gasteiger partial charge in [0, 0.05) is 25.2 Å². The maximum Gasteiger partial charge on any atom is 0.267 e. The van der Waals surface area contributed by atoms with E-state index in [1.54, 1.807) is 11.6 Å². The third-order valence-electron chi connectivity index (χ3n) is 5.57. The summed E-state index contributed by atoms with van der Waals surface area (Å²) in [6, 6.07) is 17.1. The molecular formula is C23H26N4O2. The number of carbonyl (C=O) groups is 1. The third kappa shape index (κ3) is 4.72. The fourth-order valence-corrected chi connectivity index (χ4v) is 4.05. The quantitative estimate of drug-likeness (QED) is 0.384. The highest BCUT2D eigenvalue weighted by molar-refractivity contribution is 5.91. The van der Waals surface area contributed by atoms with Crippen molar-refractivity contribution >= 4 is 23.0 Å². The summed E-state index contributed by atoms with van der Waals surface area (Å²) in [5, 5.41) is 8.59. The molecule has 0 saturated carbocycles. The Balaban J connectivity index is 1.44. The topological polar surface area (TPSA) is 70.4 Å². The van der Waals surface area contributed by atoms with Crippen LogP contribution < -0.4 is 5.48 Å². The van der Waals surface area contributed by atoms with E-state index in [1.807, 2.05) is 18.5 Å². The first-order valence-corrected chi connectivity index (χ1v) is 10.1. The Morgan fingerprint density at radius 2 is 2.10 bits per heavy atom. The van der Waals surface area contributed by atoms with Gasteiger partial charge in [-0.15, -0.1) is 0 Å². The number of piperidine rings is 1. The lowest BCUT2D eigenvalue weighted by molar-refractivity contribution is -0.124. The van der Waals surface area contributed by atoms with Gasteiger partial charge in [-0.05, 0) is 55.1 Å². The molecule has 29 heavy (non-hydrogen) atoms. The Bertz CT molecular complexity index is 997. The number of likely N-dealkylation sites (tertiary alicyclic amines) is 1. The average Bonchev–Trinajstić information content (AvgIpc) is 3.20. The number of benzene rings is 2. The molecule has 1 aliphatic rings. The molecule has 1 aliphatic heterocycles. The maximum absolute atomic E-state index is 11.2. The summed E-state index contributed by atoms with van der Waals surface area (Å²) in [5.41, 5.74) is 5.89. The van der Waals surface area contributed by atoms with Gasteiger partial charge in [0.25, 0.3) is 5.91 Å². The molecule has 1 unspecified atom stereocenters. The fraction of sp³-hybridized carbons (Fsp3) is 0.304. The van der Waals surface area contributed by atoms with Crippen LogP contribution in [0.4, 0.5) is 0 Å². The summed E-state index contributed by atoms with van der Waals surface area (Å²) in [4.78, 5) is 18.3. The third-order valence-corrected chi connectivity index (χ3v) is 5.57. The molecule has 6 heteroatoms. The van der Waals surface area contributed by atoms with Crippen LogP contribution in [0.1, 0.15) is 30.0 Å². The Hall–Kier alpha value is -2.96. The summed E-state index contributed by atoms with van der Waals surface area (Å²) in [5.74, 6) is -0.548. The van der Waals surface area contributed by atoms with Crippen LogP contribution in [0.25, 0.3) is 17.1 Å². The smallest absolute Gasteiger partial charge is 0.267 e. The number of hydrogen-bond acceptors (Lipinski definition) is 4. The molecule has 2 N–H and O–H groups in total. The molecule has 4 rings (SSSR count). The van der Waals surface area contributed by atoms with Gasteiger partial charge in [-0.25, -0.2) is 10.5 Å². The van der Waals surface area contributed by atoms with Crippen molar-refractivity contribution in [1.82, 2.24) is 19.9 Å². The summed E-state index contributed by atoms with van der Waals surface area (Å²) in [7, 11) is 0. The molecular weight excluding hydrogens is 364 g/mol. The van der Waals surface area contributed by atoms with E-state index in [-0.39, 0.29) is 0 Å². The molecule has 1 atom stereocenters. The van der Waals surface area contributed by atoms with E-state index < -0.39 is 5.91 Å². The molecule has 0 aliphatic carbocycles. The van der Waals surface area contributed by atoms with E-state index in [0.717, 1.165) is 49.1 Å². The molecule has 1 saturated heterocycles. The van der Waals surface area contributed by atoms with Crippen LogP contribution >= 0.6 is 0 Å². The first-order valence-electron chi connectivity index (χ1n) is 10.1. The lowest BCUT2D eigenvalue weighted by Gasteiger charge is -2.33. The number of rotatable bonds is 6. The highest BCUT2D eigenvalue weighted by atomic mass is 16.5. The van der Waals surface area contributed by atoms with E-state index in [2.05, 4.69) is 50.8 Å². The molecule has 2 aromatic carbocycles. The first-order chi connectivity index (χ1) is 14.2. The minimum atomic E-state index is -0.548. The van der Waals surface area contributed by atoms with Gasteiger partial charge in [0.2, 0.25) is 0 Å². The van der Waals surface area contributed by atoms with E-state index in [9.17, 15) is 4.79 Å². The normalized spacial score (nSPS) is 17.8. The Labute approximate surface area is 170 Å². The van der Waals surface area contributed by atoms with Crippen molar-refractivity contribution in [2.45, 2.75) is 25.3 Å². The van der Waals surface area contributed by atoms with Crippen LogP contribution in [0.15, 0.2) is 60.9 Å². The molecule has 3 aromatic rings. The summed E-state index contributed by atoms with van der Waals surface area (Å²) in [6.07, 6.45) is 8.32. The van der Waals surface area contributed by atoms with Crippen LogP contribution in [0.2, 0.25) is 0 Å². The standard InChI is InChI=1S/C23H26N4O2/c28-23(25-29)11-9-19-8-10-22-21(15-19)24-17-27(22)20-7-4-13-26(16-20)14-12-18-5-2-1-3-6-18/h1-3,5-6,8-11,15,17,20,29H,4,7,12-14,16H2,(H,25,28)/b11-9+. The fourth-order valence-electron chi connectivity index (χ4n) is 4.05. The summed E-state index contributed by atoms with van der Waals surface area (Å²) < 4.78 is 2.29. The van der Waals surface area contributed by atoms with Crippen LogP contribution in [0.5, 0.6) is 0 Å². The number of nitrogens with zero attached hydrogens (tertiary/aromatic N) is 3. The van der Waals surface area contributed by atoms with Crippen molar-refractivity contribution < 1.29 is 10.0 Å². The number of nitrogens with one attached hydrogen (secondary N) is 1. The monoisotopic (exact) mass is 390 g/mol. The second kappa shape index (κ2) is 9.03. The highest BCUT2D eigenvalue weighted by Gasteiger charge is 2.22. The SMILES string of the molecule is O=C(/C=C/c1ccc2c(c1)ncn2C1CCCN(CCc2ccccc2)C1)NO. The minimum absolute atomic E-state index is 0.422. The number of imidazole rings is 1. The molecule has 2 heterocycles. The predicted octanol–water partition coefficient (Wildman–Crippen LogP) is 3.43. The van der Waals surface area contributed by atoms with Crippen molar-refractivity contribution in [3.05, 3.63) is 72.1 Å². The molecule has 0 radical (unpaired) electrons. The number of carbonyl (C=O) groups excluding carboxylic acids is 1. The van der Waals surface area contributed by atoms with E-state index >= 15 is 0 Å². The lowest BCUT2D eigenvalue weighted by Crippen LogP contribution is -2.37. The maximum atomic E-state index is 11.2. The second-order valence-corrected chi connectivity index (χ2v) is 7.54. The zero-order valence-corrected chi connectivity index (χ0v) is 16.4. The lowest BCUT2D eigenvalue weighted by atomic mass is 10.0. The summed E-state index contributed by atoms with van der Waals surface area (Å²) in [6.45, 7) is 3.27. The van der Waals surface area contributed by atoms with Gasteiger partial charge in [0.15, 0.2) is 0 Å². The molecule has 1 amide bonds. The van der Waals surface area contributed by atoms with Gasteiger partial charge in [-0.3, -0.25) is 10.0 Å². The molecule has 6 nitrogen and oxygen atoms in total. The van der Waals surface area contributed by atoms with Gasteiger partial charge in [-0.2, -0.15) is 0 Å². The van der Waals surface area contributed by atoms with Crippen molar-refractivity contribution in [1.29, 1.82) is 0 Å². The largest absolute Gasteiger partial charge is 0.326 e. The number of aromatic nitrogens is 2. The zero-order chi connectivity index (χ0) is 20.1. The van der Waals surface area contributed by atoms with Crippen molar-refractivity contribution in [3.8, 4) is 0 Å². The number of fused-ring (bicyclic) bond motifs is 1. The van der Waals surface area contributed by atoms with Gasteiger partial charge in [0.05, 0.1) is 17.4 Å². The predicted molar refractivity (Wildman–Crippen MR) is 114 cm³/mol. The average molecular weight is 390 g/mol.